The second-order valence-corrected chi connectivity index (χ2v) is 6.18. The molecule has 0 aliphatic heterocycles. The lowest BCUT2D eigenvalue weighted by Crippen LogP contribution is -2.15. The van der Waals surface area contributed by atoms with Crippen molar-refractivity contribution in [1.29, 1.82) is 0 Å². The summed E-state index contributed by atoms with van der Waals surface area (Å²) in [5, 5.41) is 14.6. The Bertz CT molecular complexity index is 508. The van der Waals surface area contributed by atoms with E-state index >= 15 is 0 Å². The second kappa shape index (κ2) is 6.43. The summed E-state index contributed by atoms with van der Waals surface area (Å²) in [4.78, 5) is 10.9. The summed E-state index contributed by atoms with van der Waals surface area (Å²) in [6.07, 6.45) is 7.29. The molecule has 0 unspecified atom stereocenters. The van der Waals surface area contributed by atoms with Crippen LogP contribution in [-0.2, 0) is 6.54 Å². The fourth-order valence-corrected chi connectivity index (χ4v) is 2.87. The van der Waals surface area contributed by atoms with Crippen molar-refractivity contribution >= 4 is 5.69 Å². The van der Waals surface area contributed by atoms with Crippen LogP contribution in [0, 0.1) is 16.0 Å². The number of ether oxygens (including phenoxy) is 1. The first-order chi connectivity index (χ1) is 10.2. The summed E-state index contributed by atoms with van der Waals surface area (Å²) in [5.74, 6) is 0.961. The summed E-state index contributed by atoms with van der Waals surface area (Å²) in [6.45, 7) is 1.29. The molecule has 0 aromatic heterocycles. The molecule has 0 heterocycles. The van der Waals surface area contributed by atoms with E-state index in [4.69, 9.17) is 4.74 Å². The number of nitro benzene ring substituents is 1. The van der Waals surface area contributed by atoms with E-state index in [1.54, 1.807) is 12.1 Å². The van der Waals surface area contributed by atoms with Crippen molar-refractivity contribution in [1.82, 2.24) is 5.32 Å². The van der Waals surface area contributed by atoms with Crippen LogP contribution in [-0.4, -0.2) is 17.6 Å². The van der Waals surface area contributed by atoms with Crippen LogP contribution in [0.25, 0.3) is 0 Å². The Hall–Kier alpha value is -1.62. The van der Waals surface area contributed by atoms with Crippen molar-refractivity contribution in [3.8, 4) is 5.75 Å². The summed E-state index contributed by atoms with van der Waals surface area (Å²) < 4.78 is 5.71. The summed E-state index contributed by atoms with van der Waals surface area (Å²) in [5.41, 5.74) is 1.03. The molecule has 114 valence electrons. The minimum Gasteiger partial charge on any atom is -0.487 e. The number of rotatable bonds is 7. The zero-order valence-electron chi connectivity index (χ0n) is 12.2. The molecule has 0 radical (unpaired) electrons. The fraction of sp³-hybridized carbons (Fsp3) is 0.625. The zero-order valence-corrected chi connectivity index (χ0v) is 12.2. The average molecular weight is 290 g/mol. The molecule has 0 saturated heterocycles. The first kappa shape index (κ1) is 14.3. The van der Waals surface area contributed by atoms with Gasteiger partial charge < -0.3 is 10.1 Å². The normalized spacial score (nSPS) is 18.9. The van der Waals surface area contributed by atoms with E-state index in [0.717, 1.165) is 5.56 Å². The highest BCUT2D eigenvalue weighted by molar-refractivity contribution is 5.48. The Morgan fingerprint density at radius 3 is 2.67 bits per heavy atom. The monoisotopic (exact) mass is 290 g/mol. The van der Waals surface area contributed by atoms with Crippen LogP contribution in [0.5, 0.6) is 5.75 Å². The van der Waals surface area contributed by atoms with Gasteiger partial charge in [0.1, 0.15) is 0 Å². The van der Waals surface area contributed by atoms with Crippen LogP contribution in [0.3, 0.4) is 0 Å². The summed E-state index contributed by atoms with van der Waals surface area (Å²) in [6, 6.07) is 5.91. The highest BCUT2D eigenvalue weighted by Crippen LogP contribution is 2.31. The van der Waals surface area contributed by atoms with Crippen molar-refractivity contribution in [2.45, 2.75) is 51.1 Å². The first-order valence-electron chi connectivity index (χ1n) is 7.86. The van der Waals surface area contributed by atoms with Gasteiger partial charge in [-0.2, -0.15) is 0 Å². The van der Waals surface area contributed by atoms with Crippen LogP contribution < -0.4 is 10.1 Å². The minimum absolute atomic E-state index is 0.0862. The van der Waals surface area contributed by atoms with Gasteiger partial charge in [0.2, 0.25) is 0 Å². The highest BCUT2D eigenvalue weighted by Gasteiger charge is 2.22. The molecule has 2 fully saturated rings. The number of hydrogen-bond donors (Lipinski definition) is 1. The van der Waals surface area contributed by atoms with Crippen LogP contribution in [0.1, 0.15) is 44.1 Å². The van der Waals surface area contributed by atoms with Gasteiger partial charge in [0.25, 0.3) is 0 Å². The van der Waals surface area contributed by atoms with E-state index in [1.165, 1.54) is 38.5 Å². The molecule has 3 rings (SSSR count). The van der Waals surface area contributed by atoms with Crippen LogP contribution in [0.4, 0.5) is 5.69 Å². The highest BCUT2D eigenvalue weighted by atomic mass is 16.6. The number of nitrogens with one attached hydrogen (secondary N) is 1. The van der Waals surface area contributed by atoms with Gasteiger partial charge in [0.15, 0.2) is 5.75 Å². The molecule has 21 heavy (non-hydrogen) atoms. The van der Waals surface area contributed by atoms with Gasteiger partial charge in [0.05, 0.1) is 11.5 Å². The van der Waals surface area contributed by atoms with E-state index in [-0.39, 0.29) is 10.6 Å². The van der Waals surface area contributed by atoms with Gasteiger partial charge in [-0.15, -0.1) is 0 Å². The molecule has 1 N–H and O–H groups in total. The molecule has 5 nitrogen and oxygen atoms in total. The van der Waals surface area contributed by atoms with Crippen molar-refractivity contribution < 1.29 is 9.66 Å². The van der Waals surface area contributed by atoms with E-state index < -0.39 is 0 Å². The number of nitrogens with zero attached hydrogens (tertiary/aromatic N) is 1. The lowest BCUT2D eigenvalue weighted by molar-refractivity contribution is -0.386. The maximum Gasteiger partial charge on any atom is 0.311 e. The van der Waals surface area contributed by atoms with Gasteiger partial charge in [-0.1, -0.05) is 18.9 Å². The third-order valence-corrected chi connectivity index (χ3v) is 4.34. The van der Waals surface area contributed by atoms with Crippen molar-refractivity contribution in [3.05, 3.63) is 33.9 Å². The summed E-state index contributed by atoms with van der Waals surface area (Å²) >= 11 is 0. The fourth-order valence-electron chi connectivity index (χ4n) is 2.87. The predicted octanol–water partition coefficient (Wildman–Crippen LogP) is 3.42. The molecule has 0 spiro atoms. The SMILES string of the molecule is O=[N+]([O-])c1cc(CNC2CC2)ccc1OCC1CCCC1. The van der Waals surface area contributed by atoms with Crippen LogP contribution in [0.2, 0.25) is 0 Å². The molecular weight excluding hydrogens is 268 g/mol. The maximum absolute atomic E-state index is 11.2. The molecule has 0 bridgehead atoms. The summed E-state index contributed by atoms with van der Waals surface area (Å²) in [7, 11) is 0. The predicted molar refractivity (Wildman–Crippen MR) is 80.4 cm³/mol. The molecule has 2 saturated carbocycles. The Morgan fingerprint density at radius 1 is 1.24 bits per heavy atom. The van der Waals surface area contributed by atoms with Crippen molar-refractivity contribution in [2.75, 3.05) is 6.61 Å². The number of nitro groups is 1. The lowest BCUT2D eigenvalue weighted by atomic mass is 10.1. The second-order valence-electron chi connectivity index (χ2n) is 6.18. The minimum atomic E-state index is -0.343. The molecule has 2 aliphatic carbocycles. The largest absolute Gasteiger partial charge is 0.487 e. The third-order valence-electron chi connectivity index (χ3n) is 4.34. The van der Waals surface area contributed by atoms with Crippen molar-refractivity contribution in [2.24, 2.45) is 5.92 Å². The topological polar surface area (TPSA) is 64.4 Å². The van der Waals surface area contributed by atoms with Crippen LogP contribution >= 0.6 is 0 Å². The van der Waals surface area contributed by atoms with Crippen LogP contribution in [0.15, 0.2) is 18.2 Å². The Morgan fingerprint density at radius 2 is 2.00 bits per heavy atom. The van der Waals surface area contributed by atoms with Gasteiger partial charge in [0, 0.05) is 18.7 Å². The van der Waals surface area contributed by atoms with E-state index in [2.05, 4.69) is 5.32 Å². The lowest BCUT2D eigenvalue weighted by Gasteiger charge is -2.12. The van der Waals surface area contributed by atoms with E-state index in [9.17, 15) is 10.1 Å². The molecule has 1 aromatic carbocycles. The first-order valence-corrected chi connectivity index (χ1v) is 7.86. The molecule has 5 heteroatoms. The molecule has 1 aromatic rings. The Labute approximate surface area is 124 Å². The average Bonchev–Trinajstić information content (AvgIpc) is 3.17. The van der Waals surface area contributed by atoms with Gasteiger partial charge >= 0.3 is 5.69 Å². The Balaban J connectivity index is 1.64. The molecule has 0 atom stereocenters. The van der Waals surface area contributed by atoms with Gasteiger partial charge in [-0.25, -0.2) is 0 Å². The van der Waals surface area contributed by atoms with E-state index in [1.807, 2.05) is 6.07 Å². The third kappa shape index (κ3) is 3.94. The van der Waals surface area contributed by atoms with E-state index in [0.29, 0.717) is 30.9 Å². The number of benzene rings is 1. The smallest absolute Gasteiger partial charge is 0.311 e. The molecule has 0 amide bonds. The standard InChI is InChI=1S/C16H22N2O3/c19-18(20)15-9-13(10-17-14-6-7-14)5-8-16(15)21-11-12-3-1-2-4-12/h5,8-9,12,14,17H,1-4,6-7,10-11H2. The molecule has 2 aliphatic rings. The van der Waals surface area contributed by atoms with Crippen molar-refractivity contribution in [3.63, 3.8) is 0 Å². The van der Waals surface area contributed by atoms with Gasteiger partial charge in [-0.3, -0.25) is 10.1 Å². The van der Waals surface area contributed by atoms with Gasteiger partial charge in [-0.05, 0) is 43.2 Å². The Kier molecular flexibility index (Phi) is 4.39. The maximum atomic E-state index is 11.2. The quantitative estimate of drug-likeness (QED) is 0.617. The number of hydrogen-bond acceptors (Lipinski definition) is 4. The molecular formula is C16H22N2O3. The zero-order chi connectivity index (χ0) is 14.7.